The van der Waals surface area contributed by atoms with Crippen molar-refractivity contribution < 1.29 is 17.9 Å². The third kappa shape index (κ3) is 5.71. The highest BCUT2D eigenvalue weighted by atomic mass is 32.2. The van der Waals surface area contributed by atoms with Crippen LogP contribution in [0.1, 0.15) is 40.4 Å². The topological polar surface area (TPSA) is 87.7 Å². The number of sulfonamides is 1. The first-order valence-electron chi connectivity index (χ1n) is 10.7. The molecule has 2 aliphatic rings. The molecule has 1 heterocycles. The van der Waals surface area contributed by atoms with Crippen LogP contribution in [-0.4, -0.2) is 58.1 Å². The lowest BCUT2D eigenvalue weighted by Gasteiger charge is -2.31. The third-order valence-corrected chi connectivity index (χ3v) is 7.23. The SMILES string of the molecule is Cc1ccc(S(=O)(=O)NC2CC2)cc1C(=O)N[C@@H](CN1CCOCC1)c1ccccc1. The monoisotopic (exact) mass is 443 g/mol. The Morgan fingerprint density at radius 2 is 1.84 bits per heavy atom. The van der Waals surface area contributed by atoms with Crippen LogP contribution < -0.4 is 10.0 Å². The quantitative estimate of drug-likeness (QED) is 0.653. The lowest BCUT2D eigenvalue weighted by Crippen LogP contribution is -2.43. The van der Waals surface area contributed by atoms with Gasteiger partial charge in [0, 0.05) is 31.2 Å². The number of rotatable bonds is 8. The first-order valence-corrected chi connectivity index (χ1v) is 12.2. The van der Waals surface area contributed by atoms with Crippen LogP contribution in [0.25, 0.3) is 0 Å². The van der Waals surface area contributed by atoms with Crippen LogP contribution in [0, 0.1) is 6.92 Å². The molecule has 8 heteroatoms. The van der Waals surface area contributed by atoms with Crippen molar-refractivity contribution in [1.82, 2.24) is 14.9 Å². The molecule has 31 heavy (non-hydrogen) atoms. The smallest absolute Gasteiger partial charge is 0.252 e. The molecule has 1 aliphatic heterocycles. The van der Waals surface area contributed by atoms with Gasteiger partial charge in [0.05, 0.1) is 24.2 Å². The molecule has 2 fully saturated rings. The average Bonchev–Trinajstić information content (AvgIpc) is 3.58. The van der Waals surface area contributed by atoms with E-state index in [9.17, 15) is 13.2 Å². The number of benzene rings is 2. The molecule has 1 aliphatic carbocycles. The summed E-state index contributed by atoms with van der Waals surface area (Å²) < 4.78 is 33.3. The van der Waals surface area contributed by atoms with Crippen LogP contribution in [0.3, 0.4) is 0 Å². The molecule has 166 valence electrons. The number of hydrogen-bond donors (Lipinski definition) is 2. The first kappa shape index (κ1) is 22.0. The molecule has 7 nitrogen and oxygen atoms in total. The van der Waals surface area contributed by atoms with Crippen molar-refractivity contribution >= 4 is 15.9 Å². The number of carbonyl (C=O) groups is 1. The predicted molar refractivity (Wildman–Crippen MR) is 118 cm³/mol. The molecule has 1 saturated heterocycles. The van der Waals surface area contributed by atoms with E-state index in [0.717, 1.165) is 37.1 Å². The number of amides is 1. The van der Waals surface area contributed by atoms with Gasteiger partial charge < -0.3 is 10.1 Å². The number of nitrogens with one attached hydrogen (secondary N) is 2. The van der Waals surface area contributed by atoms with Crippen molar-refractivity contribution in [3.05, 3.63) is 65.2 Å². The summed E-state index contributed by atoms with van der Waals surface area (Å²) in [6, 6.07) is 14.4. The Hall–Kier alpha value is -2.26. The van der Waals surface area contributed by atoms with Crippen molar-refractivity contribution in [1.29, 1.82) is 0 Å². The molecule has 2 N–H and O–H groups in total. The van der Waals surface area contributed by atoms with Gasteiger partial charge in [0.1, 0.15) is 0 Å². The van der Waals surface area contributed by atoms with E-state index >= 15 is 0 Å². The van der Waals surface area contributed by atoms with Gasteiger partial charge in [-0.1, -0.05) is 36.4 Å². The maximum atomic E-state index is 13.2. The van der Waals surface area contributed by atoms with E-state index < -0.39 is 10.0 Å². The van der Waals surface area contributed by atoms with Gasteiger partial charge in [0.15, 0.2) is 0 Å². The molecule has 2 aromatic carbocycles. The van der Waals surface area contributed by atoms with Crippen molar-refractivity contribution in [2.45, 2.75) is 36.7 Å². The molecule has 1 atom stereocenters. The average molecular weight is 444 g/mol. The molecule has 0 bridgehead atoms. The molecular formula is C23H29N3O4S. The minimum atomic E-state index is -3.63. The molecule has 1 saturated carbocycles. The van der Waals surface area contributed by atoms with Crippen LogP contribution in [0.15, 0.2) is 53.4 Å². The highest BCUT2D eigenvalue weighted by molar-refractivity contribution is 7.89. The van der Waals surface area contributed by atoms with E-state index in [0.29, 0.717) is 25.3 Å². The van der Waals surface area contributed by atoms with Crippen LogP contribution in [0.2, 0.25) is 0 Å². The highest BCUT2D eigenvalue weighted by Gasteiger charge is 2.29. The zero-order valence-electron chi connectivity index (χ0n) is 17.7. The Labute approximate surface area is 183 Å². The summed E-state index contributed by atoms with van der Waals surface area (Å²) in [7, 11) is -3.63. The molecule has 0 unspecified atom stereocenters. The van der Waals surface area contributed by atoms with Crippen LogP contribution in [-0.2, 0) is 14.8 Å². The van der Waals surface area contributed by atoms with Gasteiger partial charge >= 0.3 is 0 Å². The van der Waals surface area contributed by atoms with E-state index in [4.69, 9.17) is 4.74 Å². The number of aryl methyl sites for hydroxylation is 1. The first-order chi connectivity index (χ1) is 14.9. The lowest BCUT2D eigenvalue weighted by atomic mass is 10.0. The summed E-state index contributed by atoms with van der Waals surface area (Å²) in [6.45, 7) is 5.49. The zero-order valence-corrected chi connectivity index (χ0v) is 18.5. The van der Waals surface area contributed by atoms with E-state index in [1.54, 1.807) is 12.1 Å². The van der Waals surface area contributed by atoms with Crippen molar-refractivity contribution in [2.75, 3.05) is 32.8 Å². The fraction of sp³-hybridized carbons (Fsp3) is 0.435. The van der Waals surface area contributed by atoms with Crippen molar-refractivity contribution in [3.63, 3.8) is 0 Å². The van der Waals surface area contributed by atoms with E-state index in [2.05, 4.69) is 14.9 Å². The van der Waals surface area contributed by atoms with Gasteiger partial charge in [-0.2, -0.15) is 0 Å². The van der Waals surface area contributed by atoms with Crippen LogP contribution >= 0.6 is 0 Å². The second-order valence-corrected chi connectivity index (χ2v) is 9.94. The molecule has 4 rings (SSSR count). The van der Waals surface area contributed by atoms with E-state index in [-0.39, 0.29) is 22.9 Å². The van der Waals surface area contributed by atoms with Gasteiger partial charge in [0.2, 0.25) is 10.0 Å². The zero-order chi connectivity index (χ0) is 21.8. The Morgan fingerprint density at radius 1 is 1.13 bits per heavy atom. The predicted octanol–water partition coefficient (Wildman–Crippen LogP) is 2.24. The largest absolute Gasteiger partial charge is 0.379 e. The number of carbonyl (C=O) groups excluding carboxylic acids is 1. The summed E-state index contributed by atoms with van der Waals surface area (Å²) in [5, 5.41) is 3.13. The Morgan fingerprint density at radius 3 is 2.52 bits per heavy atom. The highest BCUT2D eigenvalue weighted by Crippen LogP contribution is 2.24. The van der Waals surface area contributed by atoms with E-state index in [1.807, 2.05) is 37.3 Å². The summed E-state index contributed by atoms with van der Waals surface area (Å²) >= 11 is 0. The summed E-state index contributed by atoms with van der Waals surface area (Å²) in [5.74, 6) is -0.275. The maximum absolute atomic E-state index is 13.2. The summed E-state index contributed by atoms with van der Waals surface area (Å²) in [5.41, 5.74) is 2.13. The maximum Gasteiger partial charge on any atom is 0.252 e. The second-order valence-electron chi connectivity index (χ2n) is 8.22. The molecule has 1 amide bonds. The van der Waals surface area contributed by atoms with Gasteiger partial charge in [-0.15, -0.1) is 0 Å². The fourth-order valence-corrected chi connectivity index (χ4v) is 5.03. The fourth-order valence-electron chi connectivity index (χ4n) is 3.70. The normalized spacial score (nSPS) is 18.5. The van der Waals surface area contributed by atoms with Crippen molar-refractivity contribution in [3.8, 4) is 0 Å². The lowest BCUT2D eigenvalue weighted by molar-refractivity contribution is 0.0332. The van der Waals surface area contributed by atoms with Gasteiger partial charge in [-0.3, -0.25) is 9.69 Å². The molecular weight excluding hydrogens is 414 g/mol. The Bertz CT molecular complexity index is 1020. The van der Waals surface area contributed by atoms with Gasteiger partial charge in [-0.05, 0) is 43.0 Å². The van der Waals surface area contributed by atoms with Crippen molar-refractivity contribution in [2.24, 2.45) is 0 Å². The number of morpholine rings is 1. The number of nitrogens with zero attached hydrogens (tertiary/aromatic N) is 1. The molecule has 0 aromatic heterocycles. The van der Waals surface area contributed by atoms with E-state index in [1.165, 1.54) is 6.07 Å². The minimum Gasteiger partial charge on any atom is -0.379 e. The molecule has 0 radical (unpaired) electrons. The van der Waals surface area contributed by atoms with Crippen LogP contribution in [0.5, 0.6) is 0 Å². The van der Waals surface area contributed by atoms with Crippen LogP contribution in [0.4, 0.5) is 0 Å². The van der Waals surface area contributed by atoms with Gasteiger partial charge in [-0.25, -0.2) is 13.1 Å². The molecule has 0 spiro atoms. The minimum absolute atomic E-state index is 0.0135. The third-order valence-electron chi connectivity index (χ3n) is 5.71. The van der Waals surface area contributed by atoms with Gasteiger partial charge in [0.25, 0.3) is 5.91 Å². The number of ether oxygens (including phenoxy) is 1. The Kier molecular flexibility index (Phi) is 6.71. The molecule has 2 aromatic rings. The number of hydrogen-bond acceptors (Lipinski definition) is 5. The summed E-state index contributed by atoms with van der Waals surface area (Å²) in [6.07, 6.45) is 1.72. The second kappa shape index (κ2) is 9.48. The Balaban J connectivity index is 1.55. The summed E-state index contributed by atoms with van der Waals surface area (Å²) in [4.78, 5) is 15.6. The standard InChI is InChI=1S/C23H29N3O4S/c1-17-7-10-20(31(28,29)25-19-8-9-19)15-21(17)23(27)24-22(18-5-3-2-4-6-18)16-26-11-13-30-14-12-26/h2-7,10,15,19,22,25H,8-9,11-14,16H2,1H3,(H,24,27)/t22-/m0/s1.